The summed E-state index contributed by atoms with van der Waals surface area (Å²) < 4.78 is 5.91. The van der Waals surface area contributed by atoms with Crippen molar-refractivity contribution in [3.63, 3.8) is 0 Å². The van der Waals surface area contributed by atoms with Gasteiger partial charge >= 0.3 is 0 Å². The summed E-state index contributed by atoms with van der Waals surface area (Å²) in [7, 11) is 6.26. The predicted octanol–water partition coefficient (Wildman–Crippen LogP) is 5.28. The monoisotopic (exact) mass is 321 g/mol. The van der Waals surface area contributed by atoms with Gasteiger partial charge in [0.15, 0.2) is 7.85 Å². The van der Waals surface area contributed by atoms with Crippen molar-refractivity contribution in [1.82, 2.24) is 4.98 Å². The minimum atomic E-state index is 0.537. The van der Waals surface area contributed by atoms with Crippen molar-refractivity contribution in [2.45, 2.75) is 25.2 Å². The number of nitrogens with one attached hydrogen (secondary N) is 1. The third-order valence-electron chi connectivity index (χ3n) is 5.89. The van der Waals surface area contributed by atoms with Crippen LogP contribution in [0.3, 0.4) is 0 Å². The lowest BCUT2D eigenvalue weighted by Crippen LogP contribution is -2.16. The molecule has 3 aromatic carbocycles. The summed E-state index contributed by atoms with van der Waals surface area (Å²) in [5.74, 6) is 0.537. The molecule has 3 heteroatoms. The fourth-order valence-corrected chi connectivity index (χ4v) is 4.47. The van der Waals surface area contributed by atoms with E-state index < -0.39 is 0 Å². The number of fused-ring (bicyclic) bond motifs is 7. The van der Waals surface area contributed by atoms with Gasteiger partial charge in [0.25, 0.3) is 0 Å². The van der Waals surface area contributed by atoms with Gasteiger partial charge in [0.1, 0.15) is 5.58 Å². The normalized spacial score (nSPS) is 15.5. The standard InChI is InChI=1S/C22H16BNO/c23-22-18(13-5-3-6-13)20-17(25-22)11-9-15-19-14-7-2-1-4-12(14)8-10-16(19)24-21(15)20/h1-2,4,7-11,13,24H,3,5-6H2. The number of hydrogen-bond acceptors (Lipinski definition) is 1. The number of furan rings is 1. The van der Waals surface area contributed by atoms with E-state index in [9.17, 15) is 0 Å². The van der Waals surface area contributed by atoms with E-state index in [2.05, 4.69) is 53.5 Å². The van der Waals surface area contributed by atoms with Gasteiger partial charge < -0.3 is 9.40 Å². The summed E-state index contributed by atoms with van der Waals surface area (Å²) in [4.78, 5) is 3.65. The van der Waals surface area contributed by atoms with Crippen molar-refractivity contribution in [3.05, 3.63) is 54.1 Å². The Hall–Kier alpha value is -2.68. The Bertz CT molecular complexity index is 1290. The Morgan fingerprint density at radius 1 is 0.920 bits per heavy atom. The second kappa shape index (κ2) is 4.69. The highest BCUT2D eigenvalue weighted by atomic mass is 16.3. The van der Waals surface area contributed by atoms with Crippen LogP contribution in [-0.4, -0.2) is 12.8 Å². The van der Waals surface area contributed by atoms with Gasteiger partial charge in [-0.25, -0.2) is 0 Å². The molecule has 2 aromatic heterocycles. The largest absolute Gasteiger partial charge is 0.472 e. The number of aromatic nitrogens is 1. The molecule has 1 aliphatic carbocycles. The Morgan fingerprint density at radius 2 is 1.80 bits per heavy atom. The highest BCUT2D eigenvalue weighted by Gasteiger charge is 2.27. The van der Waals surface area contributed by atoms with Crippen molar-refractivity contribution in [1.29, 1.82) is 0 Å². The van der Waals surface area contributed by atoms with Crippen molar-refractivity contribution < 1.29 is 4.42 Å². The van der Waals surface area contributed by atoms with E-state index in [0.717, 1.165) is 11.1 Å². The molecule has 2 nitrogen and oxygen atoms in total. The Balaban J connectivity index is 1.83. The zero-order chi connectivity index (χ0) is 16.5. The third-order valence-corrected chi connectivity index (χ3v) is 5.89. The first kappa shape index (κ1) is 13.6. The molecule has 118 valence electrons. The maximum absolute atomic E-state index is 6.26. The number of rotatable bonds is 1. The van der Waals surface area contributed by atoms with Crippen LogP contribution in [-0.2, 0) is 0 Å². The predicted molar refractivity (Wildman–Crippen MR) is 105 cm³/mol. The molecule has 1 fully saturated rings. The topological polar surface area (TPSA) is 28.9 Å². The van der Waals surface area contributed by atoms with Crippen LogP contribution in [0.2, 0.25) is 0 Å². The molecule has 25 heavy (non-hydrogen) atoms. The lowest BCUT2D eigenvalue weighted by Gasteiger charge is -2.25. The van der Waals surface area contributed by atoms with E-state index in [-0.39, 0.29) is 0 Å². The minimum absolute atomic E-state index is 0.537. The van der Waals surface area contributed by atoms with Crippen LogP contribution in [0, 0.1) is 0 Å². The summed E-state index contributed by atoms with van der Waals surface area (Å²) in [5, 5.41) is 6.27. The Morgan fingerprint density at radius 3 is 2.64 bits per heavy atom. The van der Waals surface area contributed by atoms with Crippen LogP contribution in [0.4, 0.5) is 0 Å². The lowest BCUT2D eigenvalue weighted by molar-refractivity contribution is 0.421. The molecule has 5 aromatic rings. The molecule has 0 atom stereocenters. The number of hydrogen-bond donors (Lipinski definition) is 1. The van der Waals surface area contributed by atoms with Gasteiger partial charge in [0.2, 0.25) is 0 Å². The van der Waals surface area contributed by atoms with Crippen LogP contribution in [0.5, 0.6) is 0 Å². The number of aromatic amines is 1. The average molecular weight is 321 g/mol. The Kier molecular flexibility index (Phi) is 2.55. The van der Waals surface area contributed by atoms with Crippen molar-refractivity contribution in [2.24, 2.45) is 0 Å². The second-order valence-corrected chi connectivity index (χ2v) is 7.20. The summed E-state index contributed by atoms with van der Waals surface area (Å²) in [6.45, 7) is 0. The molecule has 0 aliphatic heterocycles. The van der Waals surface area contributed by atoms with Crippen LogP contribution in [0.1, 0.15) is 30.7 Å². The molecule has 6 rings (SSSR count). The smallest absolute Gasteiger partial charge is 0.168 e. The fourth-order valence-electron chi connectivity index (χ4n) is 4.47. The average Bonchev–Trinajstić information content (AvgIpc) is 3.11. The van der Waals surface area contributed by atoms with Crippen LogP contribution in [0.25, 0.3) is 43.5 Å². The molecule has 1 N–H and O–H groups in total. The molecule has 0 unspecified atom stereocenters. The molecule has 0 bridgehead atoms. The van der Waals surface area contributed by atoms with Crippen molar-refractivity contribution >= 4 is 57.1 Å². The second-order valence-electron chi connectivity index (χ2n) is 7.20. The van der Waals surface area contributed by atoms with Crippen LogP contribution in [0.15, 0.2) is 52.9 Å². The zero-order valence-electron chi connectivity index (χ0n) is 13.8. The first-order valence-electron chi connectivity index (χ1n) is 8.95. The van der Waals surface area contributed by atoms with Gasteiger partial charge in [-0.15, -0.1) is 0 Å². The fraction of sp³-hybridized carbons (Fsp3) is 0.182. The third kappa shape index (κ3) is 1.71. The van der Waals surface area contributed by atoms with E-state index in [0.29, 0.717) is 11.6 Å². The summed E-state index contributed by atoms with van der Waals surface area (Å²) in [6.07, 6.45) is 3.70. The molecular formula is C22H16BNO. The number of H-pyrrole nitrogens is 1. The maximum atomic E-state index is 6.26. The molecule has 0 amide bonds. The zero-order valence-corrected chi connectivity index (χ0v) is 13.8. The van der Waals surface area contributed by atoms with Crippen LogP contribution < -0.4 is 5.66 Å². The van der Waals surface area contributed by atoms with Crippen molar-refractivity contribution in [3.8, 4) is 0 Å². The van der Waals surface area contributed by atoms with Gasteiger partial charge in [-0.1, -0.05) is 36.8 Å². The first-order valence-corrected chi connectivity index (χ1v) is 8.95. The number of benzene rings is 3. The van der Waals surface area contributed by atoms with E-state index in [4.69, 9.17) is 12.3 Å². The summed E-state index contributed by atoms with van der Waals surface area (Å²) in [5.41, 5.74) is 5.02. The molecule has 0 saturated heterocycles. The molecule has 0 spiro atoms. The Labute approximate surface area is 146 Å². The van der Waals surface area contributed by atoms with Gasteiger partial charge in [-0.3, -0.25) is 0 Å². The van der Waals surface area contributed by atoms with E-state index in [1.54, 1.807) is 0 Å². The van der Waals surface area contributed by atoms with Gasteiger partial charge in [0.05, 0.1) is 11.2 Å². The van der Waals surface area contributed by atoms with E-state index in [1.807, 2.05) is 0 Å². The quantitative estimate of drug-likeness (QED) is 0.418. The lowest BCUT2D eigenvalue weighted by atomic mass is 9.76. The highest BCUT2D eigenvalue weighted by Crippen LogP contribution is 2.43. The minimum Gasteiger partial charge on any atom is -0.472 e. The summed E-state index contributed by atoms with van der Waals surface area (Å²) in [6, 6.07) is 17.2. The van der Waals surface area contributed by atoms with Gasteiger partial charge in [0, 0.05) is 21.7 Å². The van der Waals surface area contributed by atoms with Gasteiger partial charge in [-0.05, 0) is 53.3 Å². The van der Waals surface area contributed by atoms with E-state index >= 15 is 0 Å². The van der Waals surface area contributed by atoms with Gasteiger partial charge in [-0.2, -0.15) is 0 Å². The van der Waals surface area contributed by atoms with E-state index in [1.165, 1.54) is 57.3 Å². The molecular weight excluding hydrogens is 305 g/mol. The first-order chi connectivity index (χ1) is 12.3. The summed E-state index contributed by atoms with van der Waals surface area (Å²) >= 11 is 0. The van der Waals surface area contributed by atoms with Crippen LogP contribution >= 0.6 is 0 Å². The molecule has 1 aliphatic rings. The van der Waals surface area contributed by atoms with Crippen molar-refractivity contribution in [2.75, 3.05) is 0 Å². The molecule has 1 saturated carbocycles. The molecule has 2 radical (unpaired) electrons. The molecule has 2 heterocycles. The SMILES string of the molecule is [B]c1oc2ccc3c([nH]c4ccc5ccccc5c43)c2c1C1CCC1. The maximum Gasteiger partial charge on any atom is 0.168 e. The highest BCUT2D eigenvalue weighted by molar-refractivity contribution is 6.34.